The molecule has 0 spiro atoms. The van der Waals surface area contributed by atoms with Crippen molar-refractivity contribution in [2.24, 2.45) is 0 Å². The first-order valence-corrected chi connectivity index (χ1v) is 9.49. The maximum Gasteiger partial charge on any atom is 0.243 e. The molecule has 0 aliphatic heterocycles. The molecule has 144 valence electrons. The second kappa shape index (κ2) is 9.36. The van der Waals surface area contributed by atoms with Gasteiger partial charge in [0.2, 0.25) is 11.8 Å². The lowest BCUT2D eigenvalue weighted by molar-refractivity contribution is -0.141. The van der Waals surface area contributed by atoms with Crippen LogP contribution in [0.3, 0.4) is 0 Å². The van der Waals surface area contributed by atoms with Gasteiger partial charge in [-0.05, 0) is 38.3 Å². The SMILES string of the molecule is CCC(C(=O)NC(C)(C)C)N(Cc1ccccc1)C(=O)Cc1ccccc1. The zero-order valence-corrected chi connectivity index (χ0v) is 16.7. The molecule has 27 heavy (non-hydrogen) atoms. The van der Waals surface area contributed by atoms with E-state index in [-0.39, 0.29) is 23.8 Å². The fraction of sp³-hybridized carbons (Fsp3) is 0.391. The Morgan fingerprint density at radius 2 is 1.44 bits per heavy atom. The van der Waals surface area contributed by atoms with Crippen molar-refractivity contribution in [3.05, 3.63) is 71.8 Å². The Balaban J connectivity index is 2.26. The Labute approximate surface area is 162 Å². The maximum atomic E-state index is 13.1. The van der Waals surface area contributed by atoms with E-state index in [0.717, 1.165) is 11.1 Å². The normalized spacial score (nSPS) is 12.3. The summed E-state index contributed by atoms with van der Waals surface area (Å²) in [5.74, 6) is -0.150. The summed E-state index contributed by atoms with van der Waals surface area (Å²) in [6, 6.07) is 19.0. The van der Waals surface area contributed by atoms with E-state index in [1.165, 1.54) is 0 Å². The molecule has 1 atom stereocenters. The third kappa shape index (κ3) is 6.55. The van der Waals surface area contributed by atoms with Gasteiger partial charge in [-0.2, -0.15) is 0 Å². The number of carbonyl (C=O) groups is 2. The molecule has 2 aromatic rings. The monoisotopic (exact) mass is 366 g/mol. The first kappa shape index (κ1) is 20.7. The van der Waals surface area contributed by atoms with E-state index < -0.39 is 6.04 Å². The van der Waals surface area contributed by atoms with Gasteiger partial charge in [0.15, 0.2) is 0 Å². The molecular formula is C23H30N2O2. The molecule has 0 aromatic heterocycles. The minimum Gasteiger partial charge on any atom is -0.350 e. The molecule has 0 saturated heterocycles. The Morgan fingerprint density at radius 1 is 0.926 bits per heavy atom. The Bertz CT molecular complexity index is 736. The van der Waals surface area contributed by atoms with Crippen LogP contribution in [0.1, 0.15) is 45.2 Å². The standard InChI is InChI=1S/C23H30N2O2/c1-5-20(22(27)24-23(2,3)4)25(17-19-14-10-7-11-15-19)21(26)16-18-12-8-6-9-13-18/h6-15,20H,5,16-17H2,1-4H3,(H,24,27). The van der Waals surface area contributed by atoms with Crippen molar-refractivity contribution < 1.29 is 9.59 Å². The molecule has 0 heterocycles. The number of carbonyl (C=O) groups excluding carboxylic acids is 2. The molecule has 1 N–H and O–H groups in total. The third-order valence-electron chi connectivity index (χ3n) is 4.28. The lowest BCUT2D eigenvalue weighted by Crippen LogP contribution is -2.53. The van der Waals surface area contributed by atoms with E-state index in [1.807, 2.05) is 88.4 Å². The summed E-state index contributed by atoms with van der Waals surface area (Å²) in [4.78, 5) is 27.7. The van der Waals surface area contributed by atoms with Gasteiger partial charge in [-0.1, -0.05) is 67.6 Å². The fourth-order valence-electron chi connectivity index (χ4n) is 3.02. The van der Waals surface area contributed by atoms with Crippen molar-refractivity contribution in [3.63, 3.8) is 0 Å². The first-order valence-electron chi connectivity index (χ1n) is 9.49. The molecule has 0 aliphatic rings. The summed E-state index contributed by atoms with van der Waals surface area (Å²) >= 11 is 0. The minimum atomic E-state index is -0.499. The van der Waals surface area contributed by atoms with Crippen molar-refractivity contribution in [3.8, 4) is 0 Å². The highest BCUT2D eigenvalue weighted by Gasteiger charge is 2.30. The van der Waals surface area contributed by atoms with Gasteiger partial charge in [0.05, 0.1) is 6.42 Å². The van der Waals surface area contributed by atoms with Gasteiger partial charge in [0.25, 0.3) is 0 Å². The quantitative estimate of drug-likeness (QED) is 0.806. The summed E-state index contributed by atoms with van der Waals surface area (Å²) in [5, 5.41) is 3.02. The molecule has 0 aliphatic carbocycles. The van der Waals surface area contributed by atoms with E-state index in [9.17, 15) is 9.59 Å². The van der Waals surface area contributed by atoms with Crippen LogP contribution in [0.25, 0.3) is 0 Å². The van der Waals surface area contributed by atoms with Gasteiger partial charge in [0, 0.05) is 12.1 Å². The molecular weight excluding hydrogens is 336 g/mol. The van der Waals surface area contributed by atoms with Crippen LogP contribution in [-0.2, 0) is 22.6 Å². The molecule has 1 unspecified atom stereocenters. The fourth-order valence-corrected chi connectivity index (χ4v) is 3.02. The van der Waals surface area contributed by atoms with Crippen LogP contribution in [0.2, 0.25) is 0 Å². The summed E-state index contributed by atoms with van der Waals surface area (Å²) in [7, 11) is 0. The maximum absolute atomic E-state index is 13.1. The highest BCUT2D eigenvalue weighted by atomic mass is 16.2. The van der Waals surface area contributed by atoms with Gasteiger partial charge >= 0.3 is 0 Å². The second-order valence-electron chi connectivity index (χ2n) is 7.83. The average Bonchev–Trinajstić information content (AvgIpc) is 2.61. The molecule has 4 nitrogen and oxygen atoms in total. The van der Waals surface area contributed by atoms with Gasteiger partial charge in [-0.25, -0.2) is 0 Å². The summed E-state index contributed by atoms with van der Waals surface area (Å²) in [6.07, 6.45) is 0.849. The molecule has 0 saturated carbocycles. The van der Waals surface area contributed by atoms with Crippen molar-refractivity contribution in [2.75, 3.05) is 0 Å². The van der Waals surface area contributed by atoms with Gasteiger partial charge in [-0.3, -0.25) is 9.59 Å². The number of nitrogens with zero attached hydrogens (tertiary/aromatic N) is 1. The van der Waals surface area contributed by atoms with Crippen molar-refractivity contribution in [1.29, 1.82) is 0 Å². The van der Waals surface area contributed by atoms with E-state index in [0.29, 0.717) is 13.0 Å². The minimum absolute atomic E-state index is 0.0408. The van der Waals surface area contributed by atoms with E-state index >= 15 is 0 Å². The van der Waals surface area contributed by atoms with E-state index in [4.69, 9.17) is 0 Å². The Kier molecular flexibility index (Phi) is 7.17. The summed E-state index contributed by atoms with van der Waals surface area (Å²) in [5.41, 5.74) is 1.62. The Hall–Kier alpha value is -2.62. The van der Waals surface area contributed by atoms with Crippen LogP contribution in [0, 0.1) is 0 Å². The highest BCUT2D eigenvalue weighted by Crippen LogP contribution is 2.15. The number of hydrogen-bond donors (Lipinski definition) is 1. The number of amides is 2. The van der Waals surface area contributed by atoms with Crippen molar-refractivity contribution in [1.82, 2.24) is 10.2 Å². The number of benzene rings is 2. The number of rotatable bonds is 7. The first-order chi connectivity index (χ1) is 12.8. The lowest BCUT2D eigenvalue weighted by Gasteiger charge is -2.33. The van der Waals surface area contributed by atoms with Gasteiger partial charge in [0.1, 0.15) is 6.04 Å². The van der Waals surface area contributed by atoms with Crippen LogP contribution in [0.4, 0.5) is 0 Å². The largest absolute Gasteiger partial charge is 0.350 e. The van der Waals surface area contributed by atoms with E-state index in [1.54, 1.807) is 4.90 Å². The zero-order valence-electron chi connectivity index (χ0n) is 16.7. The summed E-state index contributed by atoms with van der Waals surface area (Å²) in [6.45, 7) is 8.21. The van der Waals surface area contributed by atoms with Crippen LogP contribution >= 0.6 is 0 Å². The van der Waals surface area contributed by atoms with Crippen LogP contribution in [-0.4, -0.2) is 28.3 Å². The van der Waals surface area contributed by atoms with Crippen molar-refractivity contribution >= 4 is 11.8 Å². The topological polar surface area (TPSA) is 49.4 Å². The predicted molar refractivity (Wildman–Crippen MR) is 109 cm³/mol. The molecule has 0 fully saturated rings. The van der Waals surface area contributed by atoms with Crippen LogP contribution in [0.15, 0.2) is 60.7 Å². The molecule has 2 amide bonds. The van der Waals surface area contributed by atoms with E-state index in [2.05, 4.69) is 5.32 Å². The second-order valence-corrected chi connectivity index (χ2v) is 7.83. The molecule has 2 aromatic carbocycles. The van der Waals surface area contributed by atoms with Crippen LogP contribution in [0.5, 0.6) is 0 Å². The zero-order chi connectivity index (χ0) is 19.9. The lowest BCUT2D eigenvalue weighted by atomic mass is 10.0. The third-order valence-corrected chi connectivity index (χ3v) is 4.28. The molecule has 0 bridgehead atoms. The molecule has 4 heteroatoms. The summed E-state index contributed by atoms with van der Waals surface area (Å²) < 4.78 is 0. The number of nitrogens with one attached hydrogen (secondary N) is 1. The van der Waals surface area contributed by atoms with Gasteiger partial charge < -0.3 is 10.2 Å². The molecule has 2 rings (SSSR count). The average molecular weight is 367 g/mol. The highest BCUT2D eigenvalue weighted by molar-refractivity contribution is 5.88. The smallest absolute Gasteiger partial charge is 0.243 e. The van der Waals surface area contributed by atoms with Crippen molar-refractivity contribution in [2.45, 2.75) is 58.7 Å². The van der Waals surface area contributed by atoms with Gasteiger partial charge in [-0.15, -0.1) is 0 Å². The predicted octanol–water partition coefficient (Wildman–Crippen LogP) is 3.95. The van der Waals surface area contributed by atoms with Crippen LogP contribution < -0.4 is 5.32 Å². The molecule has 0 radical (unpaired) electrons. The number of hydrogen-bond acceptors (Lipinski definition) is 2. The Morgan fingerprint density at radius 3 is 1.93 bits per heavy atom.